The minimum absolute atomic E-state index is 0.166. The summed E-state index contributed by atoms with van der Waals surface area (Å²) in [6.45, 7) is 0.166. The van der Waals surface area contributed by atoms with Crippen molar-refractivity contribution in [1.82, 2.24) is 0 Å². The van der Waals surface area contributed by atoms with Crippen LogP contribution in [0.5, 0.6) is 5.75 Å². The van der Waals surface area contributed by atoms with E-state index < -0.39 is 22.8 Å². The van der Waals surface area contributed by atoms with E-state index in [9.17, 15) is 13.6 Å². The van der Waals surface area contributed by atoms with Crippen LogP contribution in [0.4, 0.5) is 8.78 Å². The van der Waals surface area contributed by atoms with Crippen molar-refractivity contribution in [3.05, 3.63) is 29.3 Å². The molecule has 1 saturated carbocycles. The SMILES string of the molecule is COc1cc(F)c(C(=O)C2(CN)CC2)cc1F. The molecule has 1 aliphatic carbocycles. The number of ether oxygens (including phenoxy) is 1. The molecular formula is C12H13F2NO2. The molecule has 1 aromatic carbocycles. The van der Waals surface area contributed by atoms with Gasteiger partial charge in [0.25, 0.3) is 0 Å². The lowest BCUT2D eigenvalue weighted by atomic mass is 9.94. The van der Waals surface area contributed by atoms with Crippen LogP contribution >= 0.6 is 0 Å². The zero-order valence-corrected chi connectivity index (χ0v) is 9.43. The number of hydrogen-bond acceptors (Lipinski definition) is 3. The van der Waals surface area contributed by atoms with E-state index in [1.54, 1.807) is 0 Å². The molecule has 2 rings (SSSR count). The molecule has 92 valence electrons. The number of carbonyl (C=O) groups is 1. The lowest BCUT2D eigenvalue weighted by molar-refractivity contribution is 0.0901. The van der Waals surface area contributed by atoms with Crippen LogP contribution in [-0.4, -0.2) is 19.4 Å². The van der Waals surface area contributed by atoms with Gasteiger partial charge in [0, 0.05) is 18.0 Å². The summed E-state index contributed by atoms with van der Waals surface area (Å²) in [5.74, 6) is -2.14. The molecule has 0 heterocycles. The van der Waals surface area contributed by atoms with Gasteiger partial charge < -0.3 is 10.5 Å². The van der Waals surface area contributed by atoms with Gasteiger partial charge in [0.15, 0.2) is 17.3 Å². The van der Waals surface area contributed by atoms with Crippen molar-refractivity contribution in [2.24, 2.45) is 11.1 Å². The van der Waals surface area contributed by atoms with Gasteiger partial charge in [-0.2, -0.15) is 0 Å². The van der Waals surface area contributed by atoms with Crippen LogP contribution in [0.25, 0.3) is 0 Å². The Morgan fingerprint density at radius 1 is 1.41 bits per heavy atom. The normalized spacial score (nSPS) is 16.7. The van der Waals surface area contributed by atoms with E-state index >= 15 is 0 Å². The van der Waals surface area contributed by atoms with E-state index in [4.69, 9.17) is 5.73 Å². The van der Waals surface area contributed by atoms with E-state index in [-0.39, 0.29) is 17.9 Å². The first-order valence-electron chi connectivity index (χ1n) is 5.32. The maximum atomic E-state index is 13.7. The van der Waals surface area contributed by atoms with Gasteiger partial charge in [0.05, 0.1) is 12.7 Å². The standard InChI is InChI=1S/C12H13F2NO2/c1-17-10-5-8(13)7(4-9(10)14)11(16)12(6-15)2-3-12/h4-5H,2-3,6,15H2,1H3. The van der Waals surface area contributed by atoms with Crippen LogP contribution in [0, 0.1) is 17.0 Å². The zero-order chi connectivity index (χ0) is 12.6. The third-order valence-corrected chi connectivity index (χ3v) is 3.21. The summed E-state index contributed by atoms with van der Waals surface area (Å²) in [6, 6.07) is 1.77. The molecular weight excluding hydrogens is 228 g/mol. The highest BCUT2D eigenvalue weighted by atomic mass is 19.1. The van der Waals surface area contributed by atoms with Crippen molar-refractivity contribution in [3.8, 4) is 5.75 Å². The average Bonchev–Trinajstić information content (AvgIpc) is 3.11. The van der Waals surface area contributed by atoms with Gasteiger partial charge >= 0.3 is 0 Å². The Hall–Kier alpha value is -1.49. The summed E-state index contributed by atoms with van der Waals surface area (Å²) in [5, 5.41) is 0. The van der Waals surface area contributed by atoms with Crippen molar-refractivity contribution in [2.75, 3.05) is 13.7 Å². The first-order chi connectivity index (χ1) is 8.04. The van der Waals surface area contributed by atoms with E-state index in [2.05, 4.69) is 4.74 Å². The van der Waals surface area contributed by atoms with Crippen molar-refractivity contribution >= 4 is 5.78 Å². The van der Waals surface area contributed by atoms with Gasteiger partial charge in [-0.1, -0.05) is 0 Å². The number of rotatable bonds is 4. The van der Waals surface area contributed by atoms with Crippen LogP contribution < -0.4 is 10.5 Å². The molecule has 0 aliphatic heterocycles. The highest BCUT2D eigenvalue weighted by Gasteiger charge is 2.49. The molecule has 1 aromatic rings. The molecule has 2 N–H and O–H groups in total. The number of hydrogen-bond donors (Lipinski definition) is 1. The van der Waals surface area contributed by atoms with Gasteiger partial charge in [0.1, 0.15) is 5.82 Å². The van der Waals surface area contributed by atoms with E-state index in [1.807, 2.05) is 0 Å². The molecule has 0 radical (unpaired) electrons. The predicted molar refractivity (Wildman–Crippen MR) is 58.0 cm³/mol. The summed E-state index contributed by atoms with van der Waals surface area (Å²) in [5.41, 5.74) is 4.57. The molecule has 0 atom stereocenters. The molecule has 1 fully saturated rings. The highest BCUT2D eigenvalue weighted by Crippen LogP contribution is 2.47. The minimum Gasteiger partial charge on any atom is -0.494 e. The number of benzene rings is 1. The minimum atomic E-state index is -0.770. The summed E-state index contributed by atoms with van der Waals surface area (Å²) < 4.78 is 31.7. The smallest absolute Gasteiger partial charge is 0.173 e. The third kappa shape index (κ3) is 1.91. The number of halogens is 2. The quantitative estimate of drug-likeness (QED) is 0.819. The van der Waals surface area contributed by atoms with Crippen LogP contribution in [0.15, 0.2) is 12.1 Å². The Kier molecular flexibility index (Phi) is 2.87. The number of ketones is 1. The molecule has 1 aliphatic rings. The van der Waals surface area contributed by atoms with Crippen LogP contribution in [-0.2, 0) is 0 Å². The second-order valence-electron chi connectivity index (χ2n) is 4.28. The lowest BCUT2D eigenvalue weighted by Gasteiger charge is -2.12. The maximum Gasteiger partial charge on any atom is 0.173 e. The second kappa shape index (κ2) is 4.07. The predicted octanol–water partition coefficient (Wildman–Crippen LogP) is 1.90. The first-order valence-corrected chi connectivity index (χ1v) is 5.32. The molecule has 0 saturated heterocycles. The lowest BCUT2D eigenvalue weighted by Crippen LogP contribution is -2.26. The highest BCUT2D eigenvalue weighted by molar-refractivity contribution is 6.02. The van der Waals surface area contributed by atoms with Gasteiger partial charge in [-0.3, -0.25) is 4.79 Å². The fourth-order valence-corrected chi connectivity index (χ4v) is 1.82. The van der Waals surface area contributed by atoms with E-state index in [0.29, 0.717) is 12.8 Å². The van der Waals surface area contributed by atoms with E-state index in [0.717, 1.165) is 12.1 Å². The van der Waals surface area contributed by atoms with Crippen molar-refractivity contribution in [3.63, 3.8) is 0 Å². The zero-order valence-electron chi connectivity index (χ0n) is 9.43. The van der Waals surface area contributed by atoms with Crippen molar-refractivity contribution < 1.29 is 18.3 Å². The molecule has 5 heteroatoms. The fraction of sp³-hybridized carbons (Fsp3) is 0.417. The second-order valence-corrected chi connectivity index (χ2v) is 4.28. The van der Waals surface area contributed by atoms with E-state index in [1.165, 1.54) is 7.11 Å². The Morgan fingerprint density at radius 3 is 2.53 bits per heavy atom. The van der Waals surface area contributed by atoms with Crippen LogP contribution in [0.1, 0.15) is 23.2 Å². The third-order valence-electron chi connectivity index (χ3n) is 3.21. The number of Topliss-reactive ketones (excluding diaryl/α,β-unsaturated/α-hetero) is 1. The summed E-state index contributed by atoms with van der Waals surface area (Å²) in [6.07, 6.45) is 1.27. The molecule has 0 aromatic heterocycles. The molecule has 3 nitrogen and oxygen atoms in total. The van der Waals surface area contributed by atoms with Gasteiger partial charge in [0.2, 0.25) is 0 Å². The first kappa shape index (κ1) is 12.0. The Labute approximate surface area is 97.6 Å². The van der Waals surface area contributed by atoms with Crippen molar-refractivity contribution in [2.45, 2.75) is 12.8 Å². The summed E-state index contributed by atoms with van der Waals surface area (Å²) >= 11 is 0. The monoisotopic (exact) mass is 241 g/mol. The number of carbonyl (C=O) groups excluding carboxylic acids is 1. The maximum absolute atomic E-state index is 13.7. The number of methoxy groups -OCH3 is 1. The largest absolute Gasteiger partial charge is 0.494 e. The molecule has 0 bridgehead atoms. The number of nitrogens with two attached hydrogens (primary N) is 1. The van der Waals surface area contributed by atoms with Crippen LogP contribution in [0.2, 0.25) is 0 Å². The Balaban J connectivity index is 2.40. The summed E-state index contributed by atoms with van der Waals surface area (Å²) in [4.78, 5) is 12.0. The van der Waals surface area contributed by atoms with Crippen LogP contribution in [0.3, 0.4) is 0 Å². The van der Waals surface area contributed by atoms with Crippen molar-refractivity contribution in [1.29, 1.82) is 0 Å². The van der Waals surface area contributed by atoms with Gasteiger partial charge in [-0.05, 0) is 18.9 Å². The van der Waals surface area contributed by atoms with Gasteiger partial charge in [-0.25, -0.2) is 8.78 Å². The Morgan fingerprint density at radius 2 is 2.06 bits per heavy atom. The molecule has 0 spiro atoms. The fourth-order valence-electron chi connectivity index (χ4n) is 1.82. The molecule has 0 amide bonds. The molecule has 0 unspecified atom stereocenters. The Bertz CT molecular complexity index is 470. The topological polar surface area (TPSA) is 52.3 Å². The molecule has 17 heavy (non-hydrogen) atoms. The summed E-state index contributed by atoms with van der Waals surface area (Å²) in [7, 11) is 1.24. The average molecular weight is 241 g/mol. The van der Waals surface area contributed by atoms with Gasteiger partial charge in [-0.15, -0.1) is 0 Å².